The average Bonchev–Trinajstić information content (AvgIpc) is 2.72. The van der Waals surface area contributed by atoms with E-state index in [2.05, 4.69) is 28.7 Å². The maximum absolute atomic E-state index is 12.2. The van der Waals surface area contributed by atoms with Gasteiger partial charge in [-0.05, 0) is 69.2 Å². The first-order chi connectivity index (χ1) is 14.0. The quantitative estimate of drug-likeness (QED) is 0.829. The van der Waals surface area contributed by atoms with Gasteiger partial charge in [0.15, 0.2) is 0 Å². The van der Waals surface area contributed by atoms with Crippen LogP contribution in [0, 0.1) is 5.41 Å². The van der Waals surface area contributed by atoms with E-state index in [1.54, 1.807) is 6.07 Å². The Morgan fingerprint density at radius 2 is 2.00 bits per heavy atom. The van der Waals surface area contributed by atoms with Crippen LogP contribution in [0.2, 0.25) is 0 Å². The number of aromatic nitrogens is 3. The van der Waals surface area contributed by atoms with Crippen molar-refractivity contribution in [3.63, 3.8) is 0 Å². The summed E-state index contributed by atoms with van der Waals surface area (Å²) >= 11 is 0. The van der Waals surface area contributed by atoms with E-state index in [9.17, 15) is 4.79 Å². The lowest BCUT2D eigenvalue weighted by Gasteiger charge is -2.44. The summed E-state index contributed by atoms with van der Waals surface area (Å²) in [5.74, 6) is 1.19. The molecule has 5 heteroatoms. The van der Waals surface area contributed by atoms with E-state index in [0.717, 1.165) is 62.0 Å². The van der Waals surface area contributed by atoms with Crippen LogP contribution in [0.3, 0.4) is 0 Å². The highest BCUT2D eigenvalue weighted by atomic mass is 16.1. The normalized spacial score (nSPS) is 23.2. The van der Waals surface area contributed by atoms with Crippen molar-refractivity contribution in [2.75, 3.05) is 13.1 Å². The van der Waals surface area contributed by atoms with E-state index in [1.165, 1.54) is 25.7 Å². The van der Waals surface area contributed by atoms with Crippen LogP contribution in [0.4, 0.5) is 0 Å². The van der Waals surface area contributed by atoms with Crippen LogP contribution >= 0.6 is 0 Å². The standard InChI is InChI=1S/C24H34N4O/c1-24(2)12-5-7-20(17-24)28-14-10-18(11-15-28)21-16-23(29)27-22(26-21)9-8-19-6-3-4-13-25-19/h3-4,6,13,16,18,20H,5,7-12,14-15,17H2,1-2H3,(H,26,27,29). The maximum atomic E-state index is 12.2. The Morgan fingerprint density at radius 1 is 1.17 bits per heavy atom. The number of nitrogens with zero attached hydrogens (tertiary/aromatic N) is 3. The van der Waals surface area contributed by atoms with Crippen molar-refractivity contribution >= 4 is 0 Å². The first-order valence-electron chi connectivity index (χ1n) is 11.2. The van der Waals surface area contributed by atoms with Gasteiger partial charge in [0.1, 0.15) is 5.82 Å². The molecule has 0 spiro atoms. The summed E-state index contributed by atoms with van der Waals surface area (Å²) in [6.45, 7) is 7.09. The number of likely N-dealkylation sites (tertiary alicyclic amines) is 1. The molecule has 0 bridgehead atoms. The Balaban J connectivity index is 1.37. The van der Waals surface area contributed by atoms with Crippen molar-refractivity contribution in [1.29, 1.82) is 0 Å². The molecule has 1 unspecified atom stereocenters. The van der Waals surface area contributed by atoms with Gasteiger partial charge in [0, 0.05) is 36.3 Å². The molecule has 0 aromatic carbocycles. The molecular formula is C24H34N4O. The molecule has 3 heterocycles. The van der Waals surface area contributed by atoms with Gasteiger partial charge in [0.05, 0.1) is 5.69 Å². The zero-order valence-electron chi connectivity index (χ0n) is 17.9. The van der Waals surface area contributed by atoms with Crippen LogP contribution in [0.15, 0.2) is 35.3 Å². The van der Waals surface area contributed by atoms with Gasteiger partial charge in [-0.1, -0.05) is 26.3 Å². The van der Waals surface area contributed by atoms with Gasteiger partial charge in [-0.3, -0.25) is 9.78 Å². The van der Waals surface area contributed by atoms with E-state index in [4.69, 9.17) is 4.98 Å². The highest BCUT2D eigenvalue weighted by Crippen LogP contribution is 2.39. The topological polar surface area (TPSA) is 61.9 Å². The molecule has 1 aliphatic carbocycles. The van der Waals surface area contributed by atoms with Gasteiger partial charge in [0.25, 0.3) is 5.56 Å². The van der Waals surface area contributed by atoms with E-state index in [0.29, 0.717) is 11.3 Å². The summed E-state index contributed by atoms with van der Waals surface area (Å²) in [5.41, 5.74) is 2.47. The van der Waals surface area contributed by atoms with Gasteiger partial charge in [0.2, 0.25) is 0 Å². The Hall–Kier alpha value is -2.01. The Bertz CT molecular complexity index is 853. The molecule has 156 valence electrons. The number of rotatable bonds is 5. The molecule has 1 N–H and O–H groups in total. The van der Waals surface area contributed by atoms with Crippen LogP contribution in [0.5, 0.6) is 0 Å². The zero-order valence-corrected chi connectivity index (χ0v) is 17.9. The fraction of sp³-hybridized carbons (Fsp3) is 0.625. The molecule has 2 aromatic heterocycles. The molecule has 1 saturated carbocycles. The SMILES string of the molecule is CC1(C)CCCC(N2CCC(c3cc(=O)[nH]c(CCc4ccccn4)n3)CC2)C1. The largest absolute Gasteiger partial charge is 0.311 e. The van der Waals surface area contributed by atoms with Crippen LogP contribution in [0.1, 0.15) is 75.5 Å². The molecular weight excluding hydrogens is 360 g/mol. The maximum Gasteiger partial charge on any atom is 0.251 e. The molecule has 2 aromatic rings. The summed E-state index contributed by atoms with van der Waals surface area (Å²) in [6, 6.07) is 8.39. The van der Waals surface area contributed by atoms with Crippen molar-refractivity contribution in [3.8, 4) is 0 Å². The summed E-state index contributed by atoms with van der Waals surface area (Å²) in [4.78, 5) is 27.0. The summed E-state index contributed by atoms with van der Waals surface area (Å²) in [6.07, 6.45) is 10.9. The summed E-state index contributed by atoms with van der Waals surface area (Å²) in [5, 5.41) is 0. The van der Waals surface area contributed by atoms with Gasteiger partial charge in [-0.2, -0.15) is 0 Å². The lowest BCUT2D eigenvalue weighted by atomic mass is 9.74. The molecule has 0 radical (unpaired) electrons. The van der Waals surface area contributed by atoms with E-state index in [1.807, 2.05) is 24.4 Å². The second kappa shape index (κ2) is 8.78. The van der Waals surface area contributed by atoms with Gasteiger partial charge < -0.3 is 9.88 Å². The number of hydrogen-bond acceptors (Lipinski definition) is 4. The molecule has 4 rings (SSSR count). The highest BCUT2D eigenvalue weighted by Gasteiger charge is 2.33. The predicted molar refractivity (Wildman–Crippen MR) is 116 cm³/mol. The van der Waals surface area contributed by atoms with Crippen molar-refractivity contribution in [1.82, 2.24) is 19.9 Å². The second-order valence-electron chi connectivity index (χ2n) is 9.66. The van der Waals surface area contributed by atoms with Crippen molar-refractivity contribution in [3.05, 3.63) is 58.0 Å². The Morgan fingerprint density at radius 3 is 2.72 bits per heavy atom. The highest BCUT2D eigenvalue weighted by molar-refractivity contribution is 5.12. The molecule has 1 aliphatic heterocycles. The van der Waals surface area contributed by atoms with Crippen LogP contribution in [-0.4, -0.2) is 39.0 Å². The summed E-state index contributed by atoms with van der Waals surface area (Å²) < 4.78 is 0. The number of piperidine rings is 1. The molecule has 29 heavy (non-hydrogen) atoms. The minimum atomic E-state index is -0.0255. The number of aromatic amines is 1. The third-order valence-electron chi connectivity index (χ3n) is 6.80. The summed E-state index contributed by atoms with van der Waals surface area (Å²) in [7, 11) is 0. The Labute approximate surface area is 174 Å². The smallest absolute Gasteiger partial charge is 0.251 e. The third-order valence-corrected chi connectivity index (χ3v) is 6.80. The van der Waals surface area contributed by atoms with Crippen LogP contribution in [0.25, 0.3) is 0 Å². The molecule has 2 aliphatic rings. The van der Waals surface area contributed by atoms with Crippen molar-refractivity contribution < 1.29 is 0 Å². The molecule has 2 fully saturated rings. The fourth-order valence-electron chi connectivity index (χ4n) is 5.18. The van der Waals surface area contributed by atoms with E-state index in [-0.39, 0.29) is 5.56 Å². The number of pyridine rings is 1. The Kier molecular flexibility index (Phi) is 6.14. The minimum Gasteiger partial charge on any atom is -0.311 e. The number of H-pyrrole nitrogens is 1. The van der Waals surface area contributed by atoms with Crippen LogP contribution in [-0.2, 0) is 12.8 Å². The lowest BCUT2D eigenvalue weighted by Crippen LogP contribution is -2.45. The van der Waals surface area contributed by atoms with Crippen molar-refractivity contribution in [2.24, 2.45) is 5.41 Å². The lowest BCUT2D eigenvalue weighted by molar-refractivity contribution is 0.0740. The second-order valence-corrected chi connectivity index (χ2v) is 9.66. The monoisotopic (exact) mass is 394 g/mol. The first kappa shape index (κ1) is 20.3. The predicted octanol–water partition coefficient (Wildman–Crippen LogP) is 4.10. The van der Waals surface area contributed by atoms with Crippen LogP contribution < -0.4 is 5.56 Å². The zero-order chi connectivity index (χ0) is 20.3. The third kappa shape index (κ3) is 5.33. The average molecular weight is 395 g/mol. The van der Waals surface area contributed by atoms with Gasteiger partial charge in [-0.15, -0.1) is 0 Å². The molecule has 1 saturated heterocycles. The number of hydrogen-bond donors (Lipinski definition) is 1. The fourth-order valence-corrected chi connectivity index (χ4v) is 5.18. The van der Waals surface area contributed by atoms with Gasteiger partial charge in [-0.25, -0.2) is 4.98 Å². The minimum absolute atomic E-state index is 0.0255. The number of aryl methyl sites for hydroxylation is 2. The van der Waals surface area contributed by atoms with E-state index < -0.39 is 0 Å². The molecule has 1 atom stereocenters. The molecule has 5 nitrogen and oxygen atoms in total. The first-order valence-corrected chi connectivity index (χ1v) is 11.2. The van der Waals surface area contributed by atoms with Crippen molar-refractivity contribution in [2.45, 2.75) is 77.2 Å². The number of nitrogens with one attached hydrogen (secondary N) is 1. The molecule has 0 amide bonds. The van der Waals surface area contributed by atoms with Gasteiger partial charge >= 0.3 is 0 Å². The van der Waals surface area contributed by atoms with E-state index >= 15 is 0 Å².